The molecule has 0 radical (unpaired) electrons. The molecule has 13 nitrogen and oxygen atoms in total. The number of unbranched alkanes of at least 4 members (excludes halogenated alkanes) is 1. The first-order valence-corrected chi connectivity index (χ1v) is 15.8. The van der Waals surface area contributed by atoms with Gasteiger partial charge in [-0.15, -0.1) is 5.11 Å². The third-order valence-electron chi connectivity index (χ3n) is 7.42. The number of aliphatic carboxylic acids is 2. The van der Waals surface area contributed by atoms with Crippen LogP contribution >= 0.6 is 0 Å². The fourth-order valence-electron chi connectivity index (χ4n) is 4.43. The number of carboxylic acids is 2. The molecule has 0 aliphatic carbocycles. The third kappa shape index (κ3) is 9.44. The van der Waals surface area contributed by atoms with E-state index in [1.807, 2.05) is 13.0 Å². The topological polar surface area (TPSA) is 203 Å². The lowest BCUT2D eigenvalue weighted by molar-refractivity contribution is -0.133. The van der Waals surface area contributed by atoms with Gasteiger partial charge in [-0.2, -0.15) is 14.7 Å². The highest BCUT2D eigenvalue weighted by molar-refractivity contribution is 7.89. The SMILES string of the molecule is C=C(CCN(CCC(=C)C(=O)O)S(=O)(=O)c1ccc(N=Nc2c(C)c(C#N)c(O)n(CC(CC)CCCC)c2=O)cc1)C(=O)O. The quantitative estimate of drug-likeness (QED) is 0.140. The highest BCUT2D eigenvalue weighted by atomic mass is 32.2. The second kappa shape index (κ2) is 16.5. The van der Waals surface area contributed by atoms with E-state index < -0.39 is 33.4 Å². The molecule has 2 rings (SSSR count). The average molecular weight is 642 g/mol. The van der Waals surface area contributed by atoms with Gasteiger partial charge >= 0.3 is 11.9 Å². The number of azo groups is 1. The van der Waals surface area contributed by atoms with Crippen LogP contribution in [0.3, 0.4) is 0 Å². The van der Waals surface area contributed by atoms with E-state index in [1.165, 1.54) is 31.2 Å². The van der Waals surface area contributed by atoms with E-state index >= 15 is 0 Å². The van der Waals surface area contributed by atoms with E-state index in [1.54, 1.807) is 0 Å². The molecule has 1 aromatic carbocycles. The first-order valence-electron chi connectivity index (χ1n) is 14.4. The van der Waals surface area contributed by atoms with Crippen molar-refractivity contribution in [3.05, 3.63) is 70.1 Å². The van der Waals surface area contributed by atoms with Gasteiger partial charge < -0.3 is 15.3 Å². The molecule has 1 atom stereocenters. The fraction of sp³-hybridized carbons (Fsp3) is 0.419. The van der Waals surface area contributed by atoms with Crippen molar-refractivity contribution in [2.45, 2.75) is 70.7 Å². The van der Waals surface area contributed by atoms with Gasteiger partial charge in [-0.3, -0.25) is 9.36 Å². The molecule has 0 bridgehead atoms. The van der Waals surface area contributed by atoms with Gasteiger partial charge in [0.25, 0.3) is 5.56 Å². The molecule has 242 valence electrons. The van der Waals surface area contributed by atoms with Crippen molar-refractivity contribution in [3.63, 3.8) is 0 Å². The largest absolute Gasteiger partial charge is 0.493 e. The first-order chi connectivity index (χ1) is 21.2. The lowest BCUT2D eigenvalue weighted by atomic mass is 9.99. The van der Waals surface area contributed by atoms with Crippen LogP contribution in [0.5, 0.6) is 5.88 Å². The highest BCUT2D eigenvalue weighted by Crippen LogP contribution is 2.29. The molecular weight excluding hydrogens is 602 g/mol. The van der Waals surface area contributed by atoms with Crippen molar-refractivity contribution >= 4 is 33.3 Å². The van der Waals surface area contributed by atoms with Crippen molar-refractivity contribution in [3.8, 4) is 11.9 Å². The fourth-order valence-corrected chi connectivity index (χ4v) is 5.87. The Labute approximate surface area is 262 Å². The molecule has 1 aromatic heterocycles. The summed E-state index contributed by atoms with van der Waals surface area (Å²) in [6, 6.07) is 7.11. The highest BCUT2D eigenvalue weighted by Gasteiger charge is 2.26. The van der Waals surface area contributed by atoms with Crippen LogP contribution in [0, 0.1) is 24.2 Å². The number of aromatic nitrogens is 1. The zero-order valence-electron chi connectivity index (χ0n) is 25.7. The zero-order chi connectivity index (χ0) is 33.9. The van der Waals surface area contributed by atoms with Crippen LogP contribution in [0.1, 0.15) is 63.5 Å². The van der Waals surface area contributed by atoms with Crippen LogP contribution in [-0.2, 0) is 26.2 Å². The van der Waals surface area contributed by atoms with Gasteiger partial charge in [0.2, 0.25) is 15.9 Å². The Morgan fingerprint density at radius 2 is 1.60 bits per heavy atom. The van der Waals surface area contributed by atoms with E-state index in [9.17, 15) is 33.2 Å². The van der Waals surface area contributed by atoms with E-state index in [4.69, 9.17) is 10.2 Å². The molecule has 0 amide bonds. The summed E-state index contributed by atoms with van der Waals surface area (Å²) in [6.07, 6.45) is 3.18. The van der Waals surface area contributed by atoms with Gasteiger partial charge in [-0.25, -0.2) is 18.0 Å². The van der Waals surface area contributed by atoms with Gasteiger partial charge in [0.05, 0.1) is 10.6 Å². The molecule has 2 aromatic rings. The number of carboxylic acid groups (broad SMARTS) is 2. The summed E-state index contributed by atoms with van der Waals surface area (Å²) in [6.45, 7) is 12.1. The molecule has 0 aliphatic heterocycles. The van der Waals surface area contributed by atoms with Gasteiger partial charge in [0.15, 0.2) is 5.69 Å². The Kier molecular flexibility index (Phi) is 13.4. The van der Waals surface area contributed by atoms with Crippen molar-refractivity contribution in [1.82, 2.24) is 8.87 Å². The molecule has 0 aliphatic rings. The predicted octanol–water partition coefficient (Wildman–Crippen LogP) is 5.42. The van der Waals surface area contributed by atoms with Crippen LogP contribution in [0.25, 0.3) is 0 Å². The number of rotatable bonds is 18. The van der Waals surface area contributed by atoms with Gasteiger partial charge in [-0.05, 0) is 56.4 Å². The molecule has 0 fully saturated rings. The lowest BCUT2D eigenvalue weighted by Gasteiger charge is -2.22. The summed E-state index contributed by atoms with van der Waals surface area (Å²) in [4.78, 5) is 35.5. The lowest BCUT2D eigenvalue weighted by Crippen LogP contribution is -2.34. The molecule has 14 heteroatoms. The number of nitrogens with zero attached hydrogens (tertiary/aromatic N) is 5. The maximum atomic E-state index is 13.4. The summed E-state index contributed by atoms with van der Waals surface area (Å²) in [7, 11) is -4.21. The van der Waals surface area contributed by atoms with Crippen LogP contribution in [-0.4, -0.2) is 57.6 Å². The van der Waals surface area contributed by atoms with Crippen LogP contribution in [0.2, 0.25) is 0 Å². The second-order valence-electron chi connectivity index (χ2n) is 10.5. The van der Waals surface area contributed by atoms with E-state index in [2.05, 4.69) is 30.3 Å². The van der Waals surface area contributed by atoms with Gasteiger partial charge in [0, 0.05) is 36.3 Å². The molecule has 0 saturated heterocycles. The first kappa shape index (κ1) is 36.6. The van der Waals surface area contributed by atoms with Crippen molar-refractivity contribution in [1.29, 1.82) is 5.26 Å². The number of nitriles is 1. The second-order valence-corrected chi connectivity index (χ2v) is 12.5. The number of sulfonamides is 1. The minimum absolute atomic E-state index is 0.0911. The minimum Gasteiger partial charge on any atom is -0.493 e. The van der Waals surface area contributed by atoms with Crippen molar-refractivity contribution < 1.29 is 33.3 Å². The Morgan fingerprint density at radius 1 is 1.04 bits per heavy atom. The van der Waals surface area contributed by atoms with E-state index in [0.29, 0.717) is 0 Å². The summed E-state index contributed by atoms with van der Waals surface area (Å²) in [5.41, 5.74) is -0.910. The number of carbonyl (C=O) groups is 2. The van der Waals surface area contributed by atoms with Gasteiger partial charge in [0.1, 0.15) is 11.6 Å². The molecule has 1 unspecified atom stereocenters. The Hall–Kier alpha value is -4.61. The minimum atomic E-state index is -4.21. The van der Waals surface area contributed by atoms with Crippen LogP contribution in [0.4, 0.5) is 11.4 Å². The summed E-state index contributed by atoms with van der Waals surface area (Å²) in [5.74, 6) is -2.88. The maximum absolute atomic E-state index is 13.4. The summed E-state index contributed by atoms with van der Waals surface area (Å²) >= 11 is 0. The third-order valence-corrected chi connectivity index (χ3v) is 9.34. The Balaban J connectivity index is 2.42. The number of pyridine rings is 1. The molecule has 3 N–H and O–H groups in total. The standard InChI is InChI=1S/C31H39N5O8S/c1-6-8-9-23(7-2)19-36-28(37)26(18-32)22(5)27(29(36)38)34-33-24-10-12-25(13-11-24)45(43,44)35(16-14-20(3)30(39)40)17-15-21(4)31(41)42/h10-13,23,37H,3-4,6-9,14-17,19H2,1-2,5H3,(H,39,40)(H,41,42). The Morgan fingerprint density at radius 3 is 2.07 bits per heavy atom. The monoisotopic (exact) mass is 641 g/mol. The van der Waals surface area contributed by atoms with Crippen LogP contribution in [0.15, 0.2) is 68.5 Å². The summed E-state index contributed by atoms with van der Waals surface area (Å²) < 4.78 is 28.9. The smallest absolute Gasteiger partial charge is 0.331 e. The van der Waals surface area contributed by atoms with E-state index in [-0.39, 0.29) is 76.9 Å². The maximum Gasteiger partial charge on any atom is 0.331 e. The predicted molar refractivity (Wildman–Crippen MR) is 167 cm³/mol. The Bertz CT molecular complexity index is 1640. The molecule has 0 spiro atoms. The molecule has 0 saturated carbocycles. The zero-order valence-corrected chi connectivity index (χ0v) is 26.5. The van der Waals surface area contributed by atoms with Crippen molar-refractivity contribution in [2.75, 3.05) is 13.1 Å². The number of hydrogen-bond acceptors (Lipinski definition) is 9. The molecule has 1 heterocycles. The molecular formula is C31H39N5O8S. The van der Waals surface area contributed by atoms with Gasteiger partial charge in [-0.1, -0.05) is 46.3 Å². The summed E-state index contributed by atoms with van der Waals surface area (Å²) in [5, 5.41) is 46.8. The number of aromatic hydroxyl groups is 1. The van der Waals surface area contributed by atoms with Crippen molar-refractivity contribution in [2.24, 2.45) is 16.1 Å². The van der Waals surface area contributed by atoms with E-state index in [0.717, 1.165) is 34.6 Å². The average Bonchev–Trinajstić information content (AvgIpc) is 3.00. The van der Waals surface area contributed by atoms with Crippen LogP contribution < -0.4 is 5.56 Å². The number of hydrogen-bond donors (Lipinski definition) is 3. The number of benzene rings is 1. The normalized spacial score (nSPS) is 12.2. The molecule has 45 heavy (non-hydrogen) atoms.